The third-order valence-corrected chi connectivity index (χ3v) is 3.10. The zero-order chi connectivity index (χ0) is 9.84. The fourth-order valence-electron chi connectivity index (χ4n) is 2.08. The molecule has 2 atom stereocenters. The summed E-state index contributed by atoms with van der Waals surface area (Å²) in [6.07, 6.45) is 4.26. The fourth-order valence-corrected chi connectivity index (χ4v) is 2.08. The molecule has 76 valence electrons. The Morgan fingerprint density at radius 2 is 2.15 bits per heavy atom. The van der Waals surface area contributed by atoms with Crippen LogP contribution in [0.5, 0.6) is 0 Å². The molecule has 2 nitrogen and oxygen atoms in total. The smallest absolute Gasteiger partial charge is 0.219 e. The molecular weight excluding hydrogens is 162 g/mol. The SMILES string of the molecule is CCC(=O)NC1CCC(C(C)C)C1. The Hall–Kier alpha value is -0.530. The molecule has 0 spiro atoms. The zero-order valence-corrected chi connectivity index (χ0v) is 8.97. The molecule has 1 rings (SSSR count). The highest BCUT2D eigenvalue weighted by molar-refractivity contribution is 5.75. The van der Waals surface area contributed by atoms with Crippen LogP contribution < -0.4 is 5.32 Å². The second-order valence-electron chi connectivity index (χ2n) is 4.44. The molecule has 2 unspecified atom stereocenters. The van der Waals surface area contributed by atoms with Gasteiger partial charge in [0.1, 0.15) is 0 Å². The van der Waals surface area contributed by atoms with Crippen LogP contribution in [0, 0.1) is 11.8 Å². The van der Waals surface area contributed by atoms with Crippen LogP contribution in [0.1, 0.15) is 46.5 Å². The molecule has 1 saturated carbocycles. The molecule has 13 heavy (non-hydrogen) atoms. The number of carbonyl (C=O) groups is 1. The van der Waals surface area contributed by atoms with E-state index in [1.165, 1.54) is 19.3 Å². The summed E-state index contributed by atoms with van der Waals surface area (Å²) in [5, 5.41) is 3.07. The van der Waals surface area contributed by atoms with Crippen molar-refractivity contribution in [2.75, 3.05) is 0 Å². The minimum absolute atomic E-state index is 0.203. The van der Waals surface area contributed by atoms with Gasteiger partial charge in [0.2, 0.25) is 5.91 Å². The van der Waals surface area contributed by atoms with E-state index in [1.807, 2.05) is 6.92 Å². The normalized spacial score (nSPS) is 28.0. The molecule has 0 bridgehead atoms. The van der Waals surface area contributed by atoms with Crippen molar-refractivity contribution >= 4 is 5.91 Å². The monoisotopic (exact) mass is 183 g/mol. The van der Waals surface area contributed by atoms with E-state index in [2.05, 4.69) is 19.2 Å². The highest BCUT2D eigenvalue weighted by Crippen LogP contribution is 2.31. The van der Waals surface area contributed by atoms with Crippen molar-refractivity contribution in [2.45, 2.75) is 52.5 Å². The molecule has 1 amide bonds. The molecule has 0 heterocycles. The Morgan fingerprint density at radius 1 is 1.46 bits per heavy atom. The molecule has 0 aromatic heterocycles. The molecule has 0 aromatic carbocycles. The number of amides is 1. The van der Waals surface area contributed by atoms with E-state index < -0.39 is 0 Å². The number of nitrogens with one attached hydrogen (secondary N) is 1. The van der Waals surface area contributed by atoms with E-state index in [0.29, 0.717) is 12.5 Å². The Morgan fingerprint density at radius 3 is 2.62 bits per heavy atom. The van der Waals surface area contributed by atoms with Gasteiger partial charge in [-0.05, 0) is 31.1 Å². The number of rotatable bonds is 3. The summed E-state index contributed by atoms with van der Waals surface area (Å²) in [6, 6.07) is 0.458. The summed E-state index contributed by atoms with van der Waals surface area (Å²) in [6.45, 7) is 6.45. The molecule has 2 heteroatoms. The molecule has 1 N–H and O–H groups in total. The van der Waals surface area contributed by atoms with Crippen LogP contribution >= 0.6 is 0 Å². The van der Waals surface area contributed by atoms with Gasteiger partial charge in [-0.15, -0.1) is 0 Å². The zero-order valence-electron chi connectivity index (χ0n) is 8.97. The van der Waals surface area contributed by atoms with Crippen LogP contribution in [-0.4, -0.2) is 11.9 Å². The minimum Gasteiger partial charge on any atom is -0.353 e. The summed E-state index contributed by atoms with van der Waals surface area (Å²) < 4.78 is 0. The van der Waals surface area contributed by atoms with Gasteiger partial charge in [0, 0.05) is 12.5 Å². The first kappa shape index (κ1) is 10.6. The average molecular weight is 183 g/mol. The second-order valence-corrected chi connectivity index (χ2v) is 4.44. The molecule has 0 radical (unpaired) electrons. The maximum atomic E-state index is 11.1. The van der Waals surface area contributed by atoms with E-state index in [4.69, 9.17) is 0 Å². The van der Waals surface area contributed by atoms with Crippen molar-refractivity contribution in [1.29, 1.82) is 0 Å². The minimum atomic E-state index is 0.203. The molecule has 1 aliphatic carbocycles. The molecule has 1 aliphatic rings. The van der Waals surface area contributed by atoms with E-state index in [1.54, 1.807) is 0 Å². The number of carbonyl (C=O) groups excluding carboxylic acids is 1. The van der Waals surface area contributed by atoms with Crippen LogP contribution in [0.3, 0.4) is 0 Å². The van der Waals surface area contributed by atoms with E-state index in [0.717, 1.165) is 11.8 Å². The lowest BCUT2D eigenvalue weighted by Crippen LogP contribution is -2.32. The van der Waals surface area contributed by atoms with Gasteiger partial charge in [0.15, 0.2) is 0 Å². The number of hydrogen-bond donors (Lipinski definition) is 1. The van der Waals surface area contributed by atoms with Crippen molar-refractivity contribution < 1.29 is 4.79 Å². The van der Waals surface area contributed by atoms with E-state index in [9.17, 15) is 4.79 Å². The Bertz CT molecular complexity index is 177. The van der Waals surface area contributed by atoms with Crippen LogP contribution in [-0.2, 0) is 4.79 Å². The number of hydrogen-bond acceptors (Lipinski definition) is 1. The summed E-state index contributed by atoms with van der Waals surface area (Å²) in [4.78, 5) is 11.1. The predicted octanol–water partition coefficient (Wildman–Crippen LogP) is 2.34. The third-order valence-electron chi connectivity index (χ3n) is 3.10. The van der Waals surface area contributed by atoms with Gasteiger partial charge in [-0.25, -0.2) is 0 Å². The van der Waals surface area contributed by atoms with Gasteiger partial charge in [0.05, 0.1) is 0 Å². The largest absolute Gasteiger partial charge is 0.353 e. The van der Waals surface area contributed by atoms with Crippen molar-refractivity contribution in [1.82, 2.24) is 5.32 Å². The summed E-state index contributed by atoms with van der Waals surface area (Å²) in [7, 11) is 0. The first-order valence-electron chi connectivity index (χ1n) is 5.42. The standard InChI is InChI=1S/C11H21NO/c1-4-11(13)12-10-6-5-9(7-10)8(2)3/h8-10H,4-7H2,1-3H3,(H,12,13). The van der Waals surface area contributed by atoms with E-state index >= 15 is 0 Å². The summed E-state index contributed by atoms with van der Waals surface area (Å²) in [5.41, 5.74) is 0. The van der Waals surface area contributed by atoms with Gasteiger partial charge < -0.3 is 5.32 Å². The van der Waals surface area contributed by atoms with Crippen LogP contribution in [0.15, 0.2) is 0 Å². The van der Waals surface area contributed by atoms with Gasteiger partial charge in [-0.2, -0.15) is 0 Å². The van der Waals surface area contributed by atoms with Crippen LogP contribution in [0.4, 0.5) is 0 Å². The predicted molar refractivity (Wildman–Crippen MR) is 54.4 cm³/mol. The molecular formula is C11H21NO. The molecule has 0 saturated heterocycles. The lowest BCUT2D eigenvalue weighted by molar-refractivity contribution is -0.121. The van der Waals surface area contributed by atoms with Gasteiger partial charge in [-0.1, -0.05) is 20.8 Å². The summed E-state index contributed by atoms with van der Waals surface area (Å²) in [5.74, 6) is 1.79. The second kappa shape index (κ2) is 4.64. The third kappa shape index (κ3) is 3.02. The molecule has 0 aromatic rings. The Balaban J connectivity index is 2.29. The summed E-state index contributed by atoms with van der Waals surface area (Å²) >= 11 is 0. The van der Waals surface area contributed by atoms with Crippen LogP contribution in [0.2, 0.25) is 0 Å². The maximum Gasteiger partial charge on any atom is 0.219 e. The maximum absolute atomic E-state index is 11.1. The topological polar surface area (TPSA) is 29.1 Å². The van der Waals surface area contributed by atoms with Crippen molar-refractivity contribution in [3.8, 4) is 0 Å². The van der Waals surface area contributed by atoms with Gasteiger partial charge in [-0.3, -0.25) is 4.79 Å². The Labute approximate surface area is 81.1 Å². The highest BCUT2D eigenvalue weighted by Gasteiger charge is 2.27. The average Bonchev–Trinajstić information content (AvgIpc) is 2.52. The lowest BCUT2D eigenvalue weighted by Gasteiger charge is -2.15. The van der Waals surface area contributed by atoms with E-state index in [-0.39, 0.29) is 5.91 Å². The van der Waals surface area contributed by atoms with Crippen molar-refractivity contribution in [2.24, 2.45) is 11.8 Å². The van der Waals surface area contributed by atoms with Gasteiger partial charge in [0.25, 0.3) is 0 Å². The lowest BCUT2D eigenvalue weighted by atomic mass is 9.94. The van der Waals surface area contributed by atoms with Gasteiger partial charge >= 0.3 is 0 Å². The highest BCUT2D eigenvalue weighted by atomic mass is 16.1. The fraction of sp³-hybridized carbons (Fsp3) is 0.909. The molecule has 1 fully saturated rings. The first-order valence-corrected chi connectivity index (χ1v) is 5.42. The first-order chi connectivity index (χ1) is 6.13. The Kier molecular flexibility index (Phi) is 3.76. The quantitative estimate of drug-likeness (QED) is 0.715. The van der Waals surface area contributed by atoms with Crippen molar-refractivity contribution in [3.05, 3.63) is 0 Å². The molecule has 0 aliphatic heterocycles. The van der Waals surface area contributed by atoms with Crippen LogP contribution in [0.25, 0.3) is 0 Å². The van der Waals surface area contributed by atoms with Crippen molar-refractivity contribution in [3.63, 3.8) is 0 Å².